The molecule has 0 spiro atoms. The number of nitrogens with two attached hydrogens (primary N) is 1. The van der Waals surface area contributed by atoms with Crippen molar-refractivity contribution < 1.29 is 4.92 Å². The van der Waals surface area contributed by atoms with Crippen LogP contribution in [0.5, 0.6) is 0 Å². The number of nitrogens with zero attached hydrogens (tertiary/aromatic N) is 1. The van der Waals surface area contributed by atoms with Crippen LogP contribution >= 0.6 is 0 Å². The molecular formula is C9H11N3O2. The molecule has 0 amide bonds. The van der Waals surface area contributed by atoms with E-state index in [2.05, 4.69) is 0 Å². The van der Waals surface area contributed by atoms with Crippen LogP contribution in [0.2, 0.25) is 0 Å². The maximum absolute atomic E-state index is 10.5. The zero-order valence-corrected chi connectivity index (χ0v) is 7.78. The van der Waals surface area contributed by atoms with Gasteiger partial charge in [-0.3, -0.25) is 15.5 Å². The predicted molar refractivity (Wildman–Crippen MR) is 53.5 cm³/mol. The summed E-state index contributed by atoms with van der Waals surface area (Å²) >= 11 is 0. The van der Waals surface area contributed by atoms with Gasteiger partial charge in [0.05, 0.1) is 10.8 Å². The molecule has 0 bridgehead atoms. The Labute approximate surface area is 81.2 Å². The molecule has 0 aliphatic carbocycles. The molecule has 0 aromatic heterocycles. The van der Waals surface area contributed by atoms with E-state index in [0.29, 0.717) is 0 Å². The molecule has 0 radical (unpaired) electrons. The van der Waals surface area contributed by atoms with Gasteiger partial charge in [0.1, 0.15) is 0 Å². The Kier molecular flexibility index (Phi) is 2.81. The summed E-state index contributed by atoms with van der Waals surface area (Å²) < 4.78 is 0. The third-order valence-electron chi connectivity index (χ3n) is 1.92. The average Bonchev–Trinajstić information content (AvgIpc) is 2.07. The summed E-state index contributed by atoms with van der Waals surface area (Å²) in [5, 5.41) is 17.6. The molecule has 0 heterocycles. The minimum Gasteiger partial charge on any atom is -0.387 e. The van der Waals surface area contributed by atoms with Crippen LogP contribution in [-0.2, 0) is 6.42 Å². The molecule has 0 unspecified atom stereocenters. The highest BCUT2D eigenvalue weighted by Crippen LogP contribution is 2.17. The van der Waals surface area contributed by atoms with Crippen LogP contribution in [0.3, 0.4) is 0 Å². The maximum Gasteiger partial charge on any atom is 0.269 e. The van der Waals surface area contributed by atoms with Crippen LogP contribution in [0.15, 0.2) is 18.2 Å². The smallest absolute Gasteiger partial charge is 0.269 e. The van der Waals surface area contributed by atoms with E-state index in [9.17, 15) is 10.1 Å². The molecule has 0 fully saturated rings. The second-order valence-electron chi connectivity index (χ2n) is 3.07. The number of benzene rings is 1. The van der Waals surface area contributed by atoms with Crippen molar-refractivity contribution in [2.75, 3.05) is 0 Å². The van der Waals surface area contributed by atoms with Gasteiger partial charge in [0, 0.05) is 18.6 Å². The van der Waals surface area contributed by atoms with Crippen molar-refractivity contribution in [1.29, 1.82) is 5.41 Å². The van der Waals surface area contributed by atoms with E-state index in [0.717, 1.165) is 11.1 Å². The molecule has 0 saturated heterocycles. The largest absolute Gasteiger partial charge is 0.387 e. The summed E-state index contributed by atoms with van der Waals surface area (Å²) in [4.78, 5) is 10.0. The molecule has 1 aromatic carbocycles. The third kappa shape index (κ3) is 2.29. The van der Waals surface area contributed by atoms with E-state index in [1.165, 1.54) is 12.1 Å². The van der Waals surface area contributed by atoms with E-state index in [4.69, 9.17) is 11.1 Å². The molecular weight excluding hydrogens is 182 g/mol. The molecule has 3 N–H and O–H groups in total. The molecule has 0 atom stereocenters. The molecule has 0 aliphatic heterocycles. The van der Waals surface area contributed by atoms with Crippen molar-refractivity contribution in [1.82, 2.24) is 0 Å². The quantitative estimate of drug-likeness (QED) is 0.328. The zero-order chi connectivity index (χ0) is 10.7. The van der Waals surface area contributed by atoms with Crippen LogP contribution in [0, 0.1) is 22.4 Å². The number of nitro groups is 1. The minimum absolute atomic E-state index is 0.00796. The molecule has 1 aromatic rings. The summed E-state index contributed by atoms with van der Waals surface area (Å²) in [7, 11) is 0. The lowest BCUT2D eigenvalue weighted by atomic mass is 10.0. The molecule has 0 saturated carbocycles. The SMILES string of the molecule is Cc1ccc([N+](=O)[O-])cc1CC(=N)N. The number of hydrogen-bond donors (Lipinski definition) is 2. The second-order valence-corrected chi connectivity index (χ2v) is 3.07. The van der Waals surface area contributed by atoms with Crippen molar-refractivity contribution in [3.8, 4) is 0 Å². The van der Waals surface area contributed by atoms with Gasteiger partial charge in [0.2, 0.25) is 0 Å². The number of non-ortho nitro benzene ring substituents is 1. The number of nitrogens with one attached hydrogen (secondary N) is 1. The Morgan fingerprint density at radius 3 is 2.79 bits per heavy atom. The highest BCUT2D eigenvalue weighted by molar-refractivity contribution is 5.80. The highest BCUT2D eigenvalue weighted by atomic mass is 16.6. The molecule has 74 valence electrons. The van der Waals surface area contributed by atoms with Crippen LogP contribution in [0.4, 0.5) is 5.69 Å². The van der Waals surface area contributed by atoms with E-state index in [1.807, 2.05) is 6.92 Å². The van der Waals surface area contributed by atoms with Crippen molar-refractivity contribution >= 4 is 11.5 Å². The normalized spacial score (nSPS) is 9.79. The van der Waals surface area contributed by atoms with E-state index in [-0.39, 0.29) is 17.9 Å². The second kappa shape index (κ2) is 3.87. The van der Waals surface area contributed by atoms with Gasteiger partial charge in [-0.1, -0.05) is 6.07 Å². The van der Waals surface area contributed by atoms with E-state index >= 15 is 0 Å². The predicted octanol–water partition coefficient (Wildman–Crippen LogP) is 1.38. The fourth-order valence-electron chi connectivity index (χ4n) is 1.17. The van der Waals surface area contributed by atoms with Crippen molar-refractivity contribution in [3.63, 3.8) is 0 Å². The van der Waals surface area contributed by atoms with Crippen molar-refractivity contribution in [2.24, 2.45) is 5.73 Å². The summed E-state index contributed by atoms with van der Waals surface area (Å²) in [6.07, 6.45) is 0.257. The summed E-state index contributed by atoms with van der Waals surface area (Å²) in [5.74, 6) is 0.00796. The lowest BCUT2D eigenvalue weighted by Gasteiger charge is -2.03. The van der Waals surface area contributed by atoms with Crippen molar-refractivity contribution in [3.05, 3.63) is 39.4 Å². The highest BCUT2D eigenvalue weighted by Gasteiger charge is 2.08. The summed E-state index contributed by atoms with van der Waals surface area (Å²) in [5.41, 5.74) is 6.90. The van der Waals surface area contributed by atoms with Gasteiger partial charge in [-0.15, -0.1) is 0 Å². The third-order valence-corrected chi connectivity index (χ3v) is 1.92. The number of amidine groups is 1. The first-order valence-corrected chi connectivity index (χ1v) is 4.07. The number of hydrogen-bond acceptors (Lipinski definition) is 3. The van der Waals surface area contributed by atoms with Gasteiger partial charge in [-0.05, 0) is 18.1 Å². The minimum atomic E-state index is -0.455. The van der Waals surface area contributed by atoms with Crippen LogP contribution < -0.4 is 5.73 Å². The number of aryl methyl sites for hydroxylation is 1. The van der Waals surface area contributed by atoms with Gasteiger partial charge in [-0.2, -0.15) is 0 Å². The van der Waals surface area contributed by atoms with Gasteiger partial charge in [0.15, 0.2) is 0 Å². The lowest BCUT2D eigenvalue weighted by molar-refractivity contribution is -0.384. The standard InChI is InChI=1S/C9H11N3O2/c1-6-2-3-8(12(13)14)4-7(6)5-9(10)11/h2-4H,5H2,1H3,(H3,10,11). The zero-order valence-electron chi connectivity index (χ0n) is 7.78. The monoisotopic (exact) mass is 193 g/mol. The molecule has 14 heavy (non-hydrogen) atoms. The summed E-state index contributed by atoms with van der Waals surface area (Å²) in [6, 6.07) is 4.56. The average molecular weight is 193 g/mol. The fraction of sp³-hybridized carbons (Fsp3) is 0.222. The first-order chi connectivity index (χ1) is 6.50. The van der Waals surface area contributed by atoms with Crippen LogP contribution in [0.1, 0.15) is 11.1 Å². The topological polar surface area (TPSA) is 93.0 Å². The van der Waals surface area contributed by atoms with Crippen LogP contribution in [0.25, 0.3) is 0 Å². The van der Waals surface area contributed by atoms with Gasteiger partial charge in [0.25, 0.3) is 5.69 Å². The lowest BCUT2D eigenvalue weighted by Crippen LogP contribution is -2.13. The van der Waals surface area contributed by atoms with Crippen molar-refractivity contribution in [2.45, 2.75) is 13.3 Å². The fourth-order valence-corrected chi connectivity index (χ4v) is 1.17. The van der Waals surface area contributed by atoms with Crippen LogP contribution in [-0.4, -0.2) is 10.8 Å². The van der Waals surface area contributed by atoms with Gasteiger partial charge in [-0.25, -0.2) is 0 Å². The molecule has 5 heteroatoms. The molecule has 0 aliphatic rings. The molecule has 1 rings (SSSR count). The number of nitro benzene ring substituents is 1. The maximum atomic E-state index is 10.5. The molecule has 5 nitrogen and oxygen atoms in total. The Morgan fingerprint density at radius 2 is 2.29 bits per heavy atom. The number of rotatable bonds is 3. The summed E-state index contributed by atoms with van der Waals surface area (Å²) in [6.45, 7) is 1.84. The first-order valence-electron chi connectivity index (χ1n) is 4.07. The Morgan fingerprint density at radius 1 is 1.64 bits per heavy atom. The Bertz CT molecular complexity index is 388. The van der Waals surface area contributed by atoms with Gasteiger partial charge < -0.3 is 5.73 Å². The Hall–Kier alpha value is -1.91. The van der Waals surface area contributed by atoms with E-state index in [1.54, 1.807) is 6.07 Å². The van der Waals surface area contributed by atoms with E-state index < -0.39 is 4.92 Å². The van der Waals surface area contributed by atoms with Gasteiger partial charge >= 0.3 is 0 Å². The Balaban J connectivity index is 3.08. The first kappa shape index (κ1) is 10.2.